The highest BCUT2D eigenvalue weighted by Gasteiger charge is 2.23. The second-order valence-corrected chi connectivity index (χ2v) is 4.17. The summed E-state index contributed by atoms with van der Waals surface area (Å²) in [6.07, 6.45) is 3.63. The molecule has 1 fully saturated rings. The quantitative estimate of drug-likeness (QED) is 0.731. The van der Waals surface area contributed by atoms with Crippen LogP contribution in [0.3, 0.4) is 0 Å². The van der Waals surface area contributed by atoms with Crippen molar-refractivity contribution in [2.75, 3.05) is 13.2 Å². The fourth-order valence-electron chi connectivity index (χ4n) is 1.69. The molecule has 2 rings (SSSR count). The van der Waals surface area contributed by atoms with Gasteiger partial charge < -0.3 is 10.4 Å². The van der Waals surface area contributed by atoms with Gasteiger partial charge in [-0.2, -0.15) is 4.37 Å². The molecule has 0 bridgehead atoms. The van der Waals surface area contributed by atoms with Gasteiger partial charge >= 0.3 is 0 Å². The molecule has 2 atom stereocenters. The smallest absolute Gasteiger partial charge is 0.130 e. The van der Waals surface area contributed by atoms with Crippen molar-refractivity contribution in [3.8, 4) is 0 Å². The maximum atomic E-state index is 9.05. The number of hydrogen-bond donors (Lipinski definition) is 2. The summed E-state index contributed by atoms with van der Waals surface area (Å²) in [7, 11) is 0. The van der Waals surface area contributed by atoms with Gasteiger partial charge in [-0.25, -0.2) is 4.98 Å². The van der Waals surface area contributed by atoms with Crippen LogP contribution in [0.1, 0.15) is 23.9 Å². The second kappa shape index (κ2) is 4.13. The van der Waals surface area contributed by atoms with Crippen LogP contribution in [-0.4, -0.2) is 27.6 Å². The van der Waals surface area contributed by atoms with Crippen LogP contribution in [0.4, 0.5) is 0 Å². The number of piperidine rings is 1. The van der Waals surface area contributed by atoms with E-state index < -0.39 is 0 Å². The lowest BCUT2D eigenvalue weighted by Gasteiger charge is -2.27. The van der Waals surface area contributed by atoms with Crippen molar-refractivity contribution in [2.45, 2.75) is 18.9 Å². The Balaban J connectivity index is 2.00. The molecule has 0 aliphatic carbocycles. The summed E-state index contributed by atoms with van der Waals surface area (Å²) in [4.78, 5) is 4.17. The van der Waals surface area contributed by atoms with Gasteiger partial charge in [-0.15, -0.1) is 0 Å². The second-order valence-electron chi connectivity index (χ2n) is 3.36. The fraction of sp³-hybridized carbons (Fsp3) is 0.750. The van der Waals surface area contributed by atoms with E-state index in [-0.39, 0.29) is 6.61 Å². The zero-order valence-electron chi connectivity index (χ0n) is 7.31. The van der Waals surface area contributed by atoms with Gasteiger partial charge in [0.05, 0.1) is 6.04 Å². The average Bonchev–Trinajstić information content (AvgIpc) is 2.71. The third kappa shape index (κ3) is 2.04. The normalized spacial score (nSPS) is 29.0. The maximum absolute atomic E-state index is 9.05. The first-order valence-electron chi connectivity index (χ1n) is 4.51. The highest BCUT2D eigenvalue weighted by atomic mass is 32.1. The molecule has 1 aromatic rings. The van der Waals surface area contributed by atoms with Crippen molar-refractivity contribution < 1.29 is 5.11 Å². The summed E-state index contributed by atoms with van der Waals surface area (Å²) in [5.41, 5.74) is 0. The van der Waals surface area contributed by atoms with Crippen molar-refractivity contribution in [2.24, 2.45) is 5.92 Å². The number of aliphatic hydroxyl groups is 1. The Bertz CT molecular complexity index is 252. The number of aromatic nitrogens is 2. The molecule has 0 radical (unpaired) electrons. The van der Waals surface area contributed by atoms with Crippen molar-refractivity contribution >= 4 is 11.5 Å². The van der Waals surface area contributed by atoms with Gasteiger partial charge in [0, 0.05) is 6.61 Å². The first-order valence-corrected chi connectivity index (χ1v) is 5.28. The Labute approximate surface area is 81.2 Å². The Morgan fingerprint density at radius 2 is 2.62 bits per heavy atom. The minimum atomic E-state index is 0.289. The summed E-state index contributed by atoms with van der Waals surface area (Å²) in [6, 6.07) is 0.304. The monoisotopic (exact) mass is 199 g/mol. The van der Waals surface area contributed by atoms with Gasteiger partial charge in [-0.1, -0.05) is 0 Å². The molecule has 13 heavy (non-hydrogen) atoms. The van der Waals surface area contributed by atoms with Crippen LogP contribution in [0.2, 0.25) is 0 Å². The Hall–Kier alpha value is -0.520. The molecule has 2 heterocycles. The predicted octanol–water partition coefficient (Wildman–Crippen LogP) is 0.571. The Kier molecular flexibility index (Phi) is 2.87. The van der Waals surface area contributed by atoms with Gasteiger partial charge in [0.2, 0.25) is 0 Å². The molecule has 1 saturated heterocycles. The molecule has 0 amide bonds. The molecule has 5 heteroatoms. The number of nitrogens with one attached hydrogen (secondary N) is 1. The van der Waals surface area contributed by atoms with E-state index in [0.717, 1.165) is 24.4 Å². The van der Waals surface area contributed by atoms with Gasteiger partial charge in [-0.3, -0.25) is 0 Å². The van der Waals surface area contributed by atoms with E-state index in [2.05, 4.69) is 14.7 Å². The third-order valence-electron chi connectivity index (χ3n) is 2.45. The van der Waals surface area contributed by atoms with Crippen molar-refractivity contribution in [3.63, 3.8) is 0 Å². The summed E-state index contributed by atoms with van der Waals surface area (Å²) < 4.78 is 3.98. The Morgan fingerprint density at radius 1 is 1.69 bits per heavy atom. The highest BCUT2D eigenvalue weighted by molar-refractivity contribution is 7.05. The number of rotatable bonds is 2. The maximum Gasteiger partial charge on any atom is 0.130 e. The molecule has 4 nitrogen and oxygen atoms in total. The molecule has 1 aliphatic heterocycles. The van der Waals surface area contributed by atoms with Crippen molar-refractivity contribution in [1.82, 2.24) is 14.7 Å². The molecular formula is C8H13N3OS. The summed E-state index contributed by atoms with van der Waals surface area (Å²) in [6.45, 7) is 1.26. The van der Waals surface area contributed by atoms with Crippen LogP contribution in [-0.2, 0) is 0 Å². The topological polar surface area (TPSA) is 58.0 Å². The van der Waals surface area contributed by atoms with Crippen LogP contribution in [0.25, 0.3) is 0 Å². The van der Waals surface area contributed by atoms with Gasteiger partial charge in [0.1, 0.15) is 11.3 Å². The summed E-state index contributed by atoms with van der Waals surface area (Å²) in [5, 5.41) is 13.5. The number of aliphatic hydroxyl groups excluding tert-OH is 1. The van der Waals surface area contributed by atoms with Gasteiger partial charge in [0.25, 0.3) is 0 Å². The molecule has 2 N–H and O–H groups in total. The number of hydrogen-bond acceptors (Lipinski definition) is 5. The summed E-state index contributed by atoms with van der Waals surface area (Å²) in [5.74, 6) is 0.426. The lowest BCUT2D eigenvalue weighted by Crippen LogP contribution is -2.32. The third-order valence-corrected chi connectivity index (χ3v) is 3.22. The molecule has 1 aromatic heterocycles. The molecule has 2 unspecified atom stereocenters. The van der Waals surface area contributed by atoms with E-state index in [9.17, 15) is 0 Å². The molecule has 0 spiro atoms. The zero-order chi connectivity index (χ0) is 9.10. The first kappa shape index (κ1) is 9.05. The first-order chi connectivity index (χ1) is 6.40. The van der Waals surface area contributed by atoms with Crippen LogP contribution in [0.15, 0.2) is 6.33 Å². The highest BCUT2D eigenvalue weighted by Crippen LogP contribution is 2.26. The Morgan fingerprint density at radius 3 is 3.31 bits per heavy atom. The van der Waals surface area contributed by atoms with Crippen LogP contribution >= 0.6 is 11.5 Å². The minimum Gasteiger partial charge on any atom is -0.396 e. The minimum absolute atomic E-state index is 0.289. The standard InChI is InChI=1S/C8H13N3OS/c12-4-6-1-2-9-7(3-6)8-10-5-11-13-8/h5-7,9,12H,1-4H2. The fourth-order valence-corrected chi connectivity index (χ4v) is 2.29. The zero-order valence-corrected chi connectivity index (χ0v) is 8.13. The van der Waals surface area contributed by atoms with Gasteiger partial charge in [0.15, 0.2) is 0 Å². The van der Waals surface area contributed by atoms with E-state index in [0.29, 0.717) is 12.0 Å². The van der Waals surface area contributed by atoms with Gasteiger partial charge in [-0.05, 0) is 36.8 Å². The van der Waals surface area contributed by atoms with E-state index in [1.54, 1.807) is 6.33 Å². The van der Waals surface area contributed by atoms with Crippen molar-refractivity contribution in [1.29, 1.82) is 0 Å². The molecule has 1 aliphatic rings. The van der Waals surface area contributed by atoms with E-state index in [4.69, 9.17) is 5.11 Å². The van der Waals surface area contributed by atoms with Crippen LogP contribution in [0.5, 0.6) is 0 Å². The van der Waals surface area contributed by atoms with Crippen LogP contribution in [0, 0.1) is 5.92 Å². The largest absolute Gasteiger partial charge is 0.396 e. The SMILES string of the molecule is OCC1CCNC(c2ncns2)C1. The van der Waals surface area contributed by atoms with E-state index in [1.807, 2.05) is 0 Å². The molecular weight excluding hydrogens is 186 g/mol. The van der Waals surface area contributed by atoms with E-state index >= 15 is 0 Å². The predicted molar refractivity (Wildman–Crippen MR) is 50.5 cm³/mol. The average molecular weight is 199 g/mol. The molecule has 0 saturated carbocycles. The van der Waals surface area contributed by atoms with Crippen LogP contribution < -0.4 is 5.32 Å². The molecule has 72 valence electrons. The summed E-state index contributed by atoms with van der Waals surface area (Å²) >= 11 is 1.44. The lowest BCUT2D eigenvalue weighted by atomic mass is 9.93. The lowest BCUT2D eigenvalue weighted by molar-refractivity contribution is 0.176. The van der Waals surface area contributed by atoms with E-state index in [1.165, 1.54) is 11.5 Å². The van der Waals surface area contributed by atoms with Crippen molar-refractivity contribution in [3.05, 3.63) is 11.3 Å². The number of nitrogens with zero attached hydrogens (tertiary/aromatic N) is 2. The molecule has 0 aromatic carbocycles.